The quantitative estimate of drug-likeness (QED) is 0.844. The number of hydrogen-bond acceptors (Lipinski definition) is 3. The summed E-state index contributed by atoms with van der Waals surface area (Å²) < 4.78 is 0. The Kier molecular flexibility index (Phi) is 4.43. The topological polar surface area (TPSA) is 61.0 Å². The number of nitrogens with one attached hydrogen (secondary N) is 2. The summed E-state index contributed by atoms with van der Waals surface area (Å²) in [4.78, 5) is 15.2. The molecule has 0 aliphatic heterocycles. The number of H-pyrrole nitrogens is 1. The summed E-state index contributed by atoms with van der Waals surface area (Å²) in [6.45, 7) is 4.93. The fourth-order valence-corrected chi connectivity index (χ4v) is 3.64. The number of carbonyl (C=O) groups is 1. The molecule has 0 aromatic carbocycles. The van der Waals surface area contributed by atoms with Crippen LogP contribution < -0.4 is 5.32 Å². The SMILES string of the molecule is CC(C)CC1(NC(=O)N(C)Cc2cc(-c3cccs3)n[nH]2)CC1. The third kappa shape index (κ3) is 3.93. The van der Waals surface area contributed by atoms with E-state index < -0.39 is 0 Å². The number of aromatic amines is 1. The Balaban J connectivity index is 1.56. The molecule has 23 heavy (non-hydrogen) atoms. The molecule has 124 valence electrons. The molecule has 0 bridgehead atoms. The molecule has 1 saturated carbocycles. The van der Waals surface area contributed by atoms with Gasteiger partial charge in [-0.1, -0.05) is 19.9 Å². The second-order valence-electron chi connectivity index (χ2n) is 6.92. The number of carbonyl (C=O) groups excluding carboxylic acids is 1. The lowest BCUT2D eigenvalue weighted by Gasteiger charge is -2.24. The molecule has 2 aromatic heterocycles. The highest BCUT2D eigenvalue weighted by molar-refractivity contribution is 7.13. The van der Waals surface area contributed by atoms with Crippen LogP contribution in [0.3, 0.4) is 0 Å². The molecule has 0 atom stereocenters. The van der Waals surface area contributed by atoms with Crippen LogP contribution in [0, 0.1) is 5.92 Å². The van der Waals surface area contributed by atoms with Gasteiger partial charge < -0.3 is 10.2 Å². The molecule has 3 rings (SSSR count). The summed E-state index contributed by atoms with van der Waals surface area (Å²) in [7, 11) is 1.83. The standard InChI is InChI=1S/C17H24N4OS/c1-12(2)10-17(6-7-17)18-16(22)21(3)11-13-9-14(20-19-13)15-5-4-8-23-15/h4-5,8-9,12H,6-7,10-11H2,1-3H3,(H,18,22)(H,19,20). The zero-order valence-corrected chi connectivity index (χ0v) is 14.7. The van der Waals surface area contributed by atoms with Crippen LogP contribution in [-0.2, 0) is 6.54 Å². The van der Waals surface area contributed by atoms with Gasteiger partial charge in [-0.25, -0.2) is 4.79 Å². The van der Waals surface area contributed by atoms with E-state index >= 15 is 0 Å². The summed E-state index contributed by atoms with van der Waals surface area (Å²) in [6.07, 6.45) is 3.24. The Morgan fingerprint density at radius 1 is 1.52 bits per heavy atom. The van der Waals surface area contributed by atoms with Crippen LogP contribution in [0.4, 0.5) is 4.79 Å². The van der Waals surface area contributed by atoms with Crippen molar-refractivity contribution in [3.63, 3.8) is 0 Å². The second kappa shape index (κ2) is 6.35. The first kappa shape index (κ1) is 16.1. The molecular formula is C17H24N4OS. The van der Waals surface area contributed by atoms with E-state index in [0.717, 1.165) is 35.5 Å². The number of amides is 2. The zero-order chi connectivity index (χ0) is 16.4. The summed E-state index contributed by atoms with van der Waals surface area (Å²) in [5, 5.41) is 12.6. The summed E-state index contributed by atoms with van der Waals surface area (Å²) in [5.41, 5.74) is 1.91. The molecule has 0 radical (unpaired) electrons. The van der Waals surface area contributed by atoms with Crippen LogP contribution in [0.5, 0.6) is 0 Å². The van der Waals surface area contributed by atoms with Crippen LogP contribution in [0.25, 0.3) is 10.6 Å². The van der Waals surface area contributed by atoms with E-state index in [0.29, 0.717) is 12.5 Å². The van der Waals surface area contributed by atoms with Crippen molar-refractivity contribution in [1.82, 2.24) is 20.4 Å². The molecule has 2 aromatic rings. The van der Waals surface area contributed by atoms with Crippen molar-refractivity contribution in [3.8, 4) is 10.6 Å². The third-order valence-corrected chi connectivity index (χ3v) is 5.08. The van der Waals surface area contributed by atoms with Crippen molar-refractivity contribution in [2.45, 2.75) is 45.2 Å². The molecule has 1 fully saturated rings. The molecule has 1 aliphatic rings. The van der Waals surface area contributed by atoms with Crippen molar-refractivity contribution in [3.05, 3.63) is 29.3 Å². The molecule has 2 amide bonds. The highest BCUT2D eigenvalue weighted by Crippen LogP contribution is 2.41. The minimum atomic E-state index is -0.00424. The number of thiophene rings is 1. The smallest absolute Gasteiger partial charge is 0.317 e. The predicted octanol–water partition coefficient (Wildman–Crippen LogP) is 3.86. The largest absolute Gasteiger partial charge is 0.333 e. The highest BCUT2D eigenvalue weighted by atomic mass is 32.1. The van der Waals surface area contributed by atoms with E-state index in [9.17, 15) is 4.79 Å². The van der Waals surface area contributed by atoms with Gasteiger partial charge in [-0.15, -0.1) is 11.3 Å². The van der Waals surface area contributed by atoms with Gasteiger partial charge in [0.1, 0.15) is 5.69 Å². The number of urea groups is 1. The minimum Gasteiger partial charge on any atom is -0.333 e. The molecule has 1 aliphatic carbocycles. The summed E-state index contributed by atoms with van der Waals surface area (Å²) >= 11 is 1.66. The molecule has 2 heterocycles. The maximum absolute atomic E-state index is 12.4. The van der Waals surface area contributed by atoms with Gasteiger partial charge in [0.05, 0.1) is 17.1 Å². The van der Waals surface area contributed by atoms with Crippen molar-refractivity contribution < 1.29 is 4.79 Å². The number of nitrogens with zero attached hydrogens (tertiary/aromatic N) is 2. The Labute approximate surface area is 141 Å². The molecule has 0 spiro atoms. The van der Waals surface area contributed by atoms with E-state index in [2.05, 4.69) is 29.4 Å². The van der Waals surface area contributed by atoms with E-state index in [1.807, 2.05) is 30.6 Å². The Morgan fingerprint density at radius 3 is 2.91 bits per heavy atom. The van der Waals surface area contributed by atoms with E-state index in [1.54, 1.807) is 16.2 Å². The first-order valence-electron chi connectivity index (χ1n) is 8.09. The molecule has 0 unspecified atom stereocenters. The lowest BCUT2D eigenvalue weighted by atomic mass is 10.0. The number of hydrogen-bond donors (Lipinski definition) is 2. The molecule has 0 saturated heterocycles. The van der Waals surface area contributed by atoms with Gasteiger partial charge in [0.25, 0.3) is 0 Å². The van der Waals surface area contributed by atoms with Crippen LogP contribution in [-0.4, -0.2) is 33.7 Å². The lowest BCUT2D eigenvalue weighted by Crippen LogP contribution is -2.44. The molecular weight excluding hydrogens is 308 g/mol. The normalized spacial score (nSPS) is 15.7. The minimum absolute atomic E-state index is 0.00424. The van der Waals surface area contributed by atoms with Gasteiger partial charge in [0.15, 0.2) is 0 Å². The fourth-order valence-electron chi connectivity index (χ4n) is 2.96. The lowest BCUT2D eigenvalue weighted by molar-refractivity contribution is 0.198. The van der Waals surface area contributed by atoms with Gasteiger partial charge in [0, 0.05) is 12.6 Å². The summed E-state index contributed by atoms with van der Waals surface area (Å²) in [5.74, 6) is 0.601. The third-order valence-electron chi connectivity index (χ3n) is 4.18. The van der Waals surface area contributed by atoms with E-state index in [4.69, 9.17) is 0 Å². The first-order chi connectivity index (χ1) is 11.0. The highest BCUT2D eigenvalue weighted by Gasteiger charge is 2.44. The van der Waals surface area contributed by atoms with Crippen molar-refractivity contribution in [2.24, 2.45) is 5.92 Å². The van der Waals surface area contributed by atoms with Crippen LogP contribution in [0.15, 0.2) is 23.6 Å². The van der Waals surface area contributed by atoms with Gasteiger partial charge >= 0.3 is 6.03 Å². The first-order valence-corrected chi connectivity index (χ1v) is 8.97. The molecule has 2 N–H and O–H groups in total. The maximum atomic E-state index is 12.4. The number of rotatable bonds is 6. The Morgan fingerprint density at radius 2 is 2.30 bits per heavy atom. The average Bonchev–Trinajstić information content (AvgIpc) is 2.95. The van der Waals surface area contributed by atoms with Crippen LogP contribution >= 0.6 is 11.3 Å². The zero-order valence-electron chi connectivity index (χ0n) is 13.9. The van der Waals surface area contributed by atoms with Crippen molar-refractivity contribution >= 4 is 17.4 Å². The Bertz CT molecular complexity index is 658. The van der Waals surface area contributed by atoms with Crippen molar-refractivity contribution in [1.29, 1.82) is 0 Å². The monoisotopic (exact) mass is 332 g/mol. The molecule has 5 nitrogen and oxygen atoms in total. The van der Waals surface area contributed by atoms with Gasteiger partial charge in [-0.2, -0.15) is 5.10 Å². The van der Waals surface area contributed by atoms with Gasteiger partial charge in [0.2, 0.25) is 0 Å². The van der Waals surface area contributed by atoms with Crippen LogP contribution in [0.2, 0.25) is 0 Å². The maximum Gasteiger partial charge on any atom is 0.317 e. The van der Waals surface area contributed by atoms with Crippen LogP contribution in [0.1, 0.15) is 38.8 Å². The van der Waals surface area contributed by atoms with Gasteiger partial charge in [-0.3, -0.25) is 5.10 Å². The van der Waals surface area contributed by atoms with E-state index in [1.165, 1.54) is 0 Å². The fraction of sp³-hybridized carbons (Fsp3) is 0.529. The summed E-state index contributed by atoms with van der Waals surface area (Å²) in [6, 6.07) is 6.06. The second-order valence-corrected chi connectivity index (χ2v) is 7.87. The van der Waals surface area contributed by atoms with Gasteiger partial charge in [-0.05, 0) is 42.7 Å². The Hall–Kier alpha value is -1.82. The predicted molar refractivity (Wildman–Crippen MR) is 93.3 cm³/mol. The number of aromatic nitrogens is 2. The average molecular weight is 332 g/mol. The van der Waals surface area contributed by atoms with Crippen molar-refractivity contribution in [2.75, 3.05) is 7.05 Å². The molecule has 6 heteroatoms. The van der Waals surface area contributed by atoms with E-state index in [-0.39, 0.29) is 11.6 Å².